The molecule has 0 unspecified atom stereocenters. The summed E-state index contributed by atoms with van der Waals surface area (Å²) < 4.78 is 5.19. The number of nitrogens with one attached hydrogen (secondary N) is 1. The normalized spacial score (nSPS) is 9.93. The largest absolute Gasteiger partial charge is 0.379 e. The third-order valence-corrected chi connectivity index (χ3v) is 1.97. The van der Waals surface area contributed by atoms with E-state index in [9.17, 15) is 4.79 Å². The number of amides is 1. The molecule has 1 amide bonds. The van der Waals surface area contributed by atoms with Crippen molar-refractivity contribution in [2.24, 2.45) is 0 Å². The van der Waals surface area contributed by atoms with E-state index < -0.39 is 0 Å². The summed E-state index contributed by atoms with van der Waals surface area (Å²) in [5, 5.41) is 3.52. The molecule has 1 rings (SSSR count). The first kappa shape index (κ1) is 12.1. The number of hydrogen-bond acceptors (Lipinski definition) is 3. The molecule has 0 atom stereocenters. The third kappa shape index (κ3) is 4.90. The number of aromatic nitrogens is 1. The molecule has 82 valence electrons. The Bertz CT molecular complexity index is 293. The van der Waals surface area contributed by atoms with Gasteiger partial charge in [-0.05, 0) is 12.1 Å². The van der Waals surface area contributed by atoms with Gasteiger partial charge in [0.25, 0.3) is 5.91 Å². The van der Waals surface area contributed by atoms with Crippen molar-refractivity contribution >= 4 is 21.8 Å². The fourth-order valence-corrected chi connectivity index (χ4v) is 1.21. The fourth-order valence-electron chi connectivity index (χ4n) is 0.981. The van der Waals surface area contributed by atoms with Crippen molar-refractivity contribution in [1.82, 2.24) is 10.3 Å². The Morgan fingerprint density at radius 2 is 2.33 bits per heavy atom. The summed E-state index contributed by atoms with van der Waals surface area (Å²) in [6.45, 7) is 1.67. The van der Waals surface area contributed by atoms with Crippen LogP contribution in [0.25, 0.3) is 0 Å². The Labute approximate surface area is 97.2 Å². The summed E-state index contributed by atoms with van der Waals surface area (Å²) in [6.07, 6.45) is 1.59. The molecule has 0 aliphatic heterocycles. The topological polar surface area (TPSA) is 51.2 Å². The van der Waals surface area contributed by atoms with Crippen molar-refractivity contribution in [2.75, 3.05) is 25.1 Å². The van der Waals surface area contributed by atoms with E-state index in [0.717, 1.165) is 5.33 Å². The highest BCUT2D eigenvalue weighted by Crippen LogP contribution is 1.92. The lowest BCUT2D eigenvalue weighted by atomic mass is 10.3. The van der Waals surface area contributed by atoms with Gasteiger partial charge in [0, 0.05) is 18.1 Å². The standard InChI is InChI=1S/C10H13BrN2O2/c11-4-7-15-8-6-13-10(14)9-3-1-2-5-12-9/h1-3,5H,4,6-8H2,(H,13,14). The first-order chi connectivity index (χ1) is 7.34. The molecular weight excluding hydrogens is 260 g/mol. The monoisotopic (exact) mass is 272 g/mol. The van der Waals surface area contributed by atoms with Crippen LogP contribution in [0, 0.1) is 0 Å². The SMILES string of the molecule is O=C(NCCOCCBr)c1ccccn1. The molecule has 0 radical (unpaired) electrons. The van der Waals surface area contributed by atoms with E-state index in [1.165, 1.54) is 0 Å². The van der Waals surface area contributed by atoms with Gasteiger partial charge in [0.2, 0.25) is 0 Å². The van der Waals surface area contributed by atoms with Gasteiger partial charge in [0.1, 0.15) is 5.69 Å². The highest BCUT2D eigenvalue weighted by Gasteiger charge is 2.03. The summed E-state index contributed by atoms with van der Waals surface area (Å²) in [4.78, 5) is 15.4. The Balaban J connectivity index is 2.20. The van der Waals surface area contributed by atoms with Gasteiger partial charge in [0.15, 0.2) is 0 Å². The number of alkyl halides is 1. The maximum atomic E-state index is 11.4. The van der Waals surface area contributed by atoms with Crippen LogP contribution in [0.3, 0.4) is 0 Å². The van der Waals surface area contributed by atoms with Gasteiger partial charge in [-0.2, -0.15) is 0 Å². The summed E-state index contributed by atoms with van der Waals surface area (Å²) in [5.74, 6) is -0.168. The fraction of sp³-hybridized carbons (Fsp3) is 0.400. The highest BCUT2D eigenvalue weighted by molar-refractivity contribution is 9.09. The summed E-state index contributed by atoms with van der Waals surface area (Å²) >= 11 is 3.24. The van der Waals surface area contributed by atoms with Gasteiger partial charge in [0.05, 0.1) is 13.2 Å². The maximum Gasteiger partial charge on any atom is 0.269 e. The number of rotatable bonds is 6. The predicted molar refractivity (Wildman–Crippen MR) is 61.2 cm³/mol. The van der Waals surface area contributed by atoms with E-state index in [1.54, 1.807) is 24.4 Å². The second-order valence-electron chi connectivity index (χ2n) is 2.77. The van der Waals surface area contributed by atoms with E-state index in [0.29, 0.717) is 25.5 Å². The van der Waals surface area contributed by atoms with Crippen molar-refractivity contribution in [3.63, 3.8) is 0 Å². The zero-order valence-electron chi connectivity index (χ0n) is 8.28. The number of hydrogen-bond donors (Lipinski definition) is 1. The maximum absolute atomic E-state index is 11.4. The molecule has 5 heteroatoms. The minimum absolute atomic E-state index is 0.168. The molecule has 1 aromatic rings. The molecule has 4 nitrogen and oxygen atoms in total. The van der Waals surface area contributed by atoms with Crippen molar-refractivity contribution < 1.29 is 9.53 Å². The Hall–Kier alpha value is -0.940. The average Bonchev–Trinajstić information content (AvgIpc) is 2.30. The summed E-state index contributed by atoms with van der Waals surface area (Å²) in [7, 11) is 0. The van der Waals surface area contributed by atoms with Crippen LogP contribution in [0.4, 0.5) is 0 Å². The first-order valence-electron chi connectivity index (χ1n) is 4.67. The molecule has 0 aromatic carbocycles. The zero-order valence-corrected chi connectivity index (χ0v) is 9.87. The first-order valence-corrected chi connectivity index (χ1v) is 5.79. The average molecular weight is 273 g/mol. The summed E-state index contributed by atoms with van der Waals surface area (Å²) in [5.41, 5.74) is 0.429. The number of pyridine rings is 1. The predicted octanol–water partition coefficient (Wildman–Crippen LogP) is 1.22. The van der Waals surface area contributed by atoms with Crippen molar-refractivity contribution in [2.45, 2.75) is 0 Å². The minimum atomic E-state index is -0.168. The van der Waals surface area contributed by atoms with Crippen LogP contribution in [0.2, 0.25) is 0 Å². The van der Waals surface area contributed by atoms with Gasteiger partial charge in [-0.15, -0.1) is 0 Å². The molecular formula is C10H13BrN2O2. The zero-order chi connectivity index (χ0) is 10.9. The lowest BCUT2D eigenvalue weighted by Gasteiger charge is -2.04. The van der Waals surface area contributed by atoms with Crippen molar-refractivity contribution in [3.05, 3.63) is 30.1 Å². The van der Waals surface area contributed by atoms with E-state index >= 15 is 0 Å². The van der Waals surface area contributed by atoms with Gasteiger partial charge >= 0.3 is 0 Å². The molecule has 0 saturated heterocycles. The minimum Gasteiger partial charge on any atom is -0.379 e. The van der Waals surface area contributed by atoms with E-state index in [1.807, 2.05) is 0 Å². The van der Waals surface area contributed by atoms with E-state index in [-0.39, 0.29) is 5.91 Å². The Morgan fingerprint density at radius 3 is 3.00 bits per heavy atom. The van der Waals surface area contributed by atoms with Crippen LogP contribution < -0.4 is 5.32 Å². The van der Waals surface area contributed by atoms with E-state index in [4.69, 9.17) is 4.74 Å². The van der Waals surface area contributed by atoms with Crippen LogP contribution in [0.1, 0.15) is 10.5 Å². The molecule has 0 fully saturated rings. The quantitative estimate of drug-likeness (QED) is 0.626. The van der Waals surface area contributed by atoms with Gasteiger partial charge in [-0.1, -0.05) is 22.0 Å². The lowest BCUT2D eigenvalue weighted by molar-refractivity contribution is 0.0919. The molecule has 1 heterocycles. The van der Waals surface area contributed by atoms with Crippen LogP contribution >= 0.6 is 15.9 Å². The molecule has 1 aromatic heterocycles. The second kappa shape index (κ2) is 7.36. The molecule has 0 bridgehead atoms. The number of ether oxygens (including phenoxy) is 1. The molecule has 1 N–H and O–H groups in total. The van der Waals surface area contributed by atoms with Crippen molar-refractivity contribution in [3.8, 4) is 0 Å². The smallest absolute Gasteiger partial charge is 0.269 e. The van der Waals surface area contributed by atoms with Crippen LogP contribution in [0.5, 0.6) is 0 Å². The number of halogens is 1. The molecule has 0 saturated carbocycles. The number of carbonyl (C=O) groups is 1. The molecule has 15 heavy (non-hydrogen) atoms. The number of carbonyl (C=O) groups excluding carboxylic acids is 1. The van der Waals surface area contributed by atoms with Crippen LogP contribution in [-0.4, -0.2) is 36.0 Å². The Kier molecular flexibility index (Phi) is 5.96. The van der Waals surface area contributed by atoms with E-state index in [2.05, 4.69) is 26.2 Å². The van der Waals surface area contributed by atoms with Gasteiger partial charge in [-0.3, -0.25) is 9.78 Å². The Morgan fingerprint density at radius 1 is 1.47 bits per heavy atom. The van der Waals surface area contributed by atoms with Gasteiger partial charge in [-0.25, -0.2) is 0 Å². The van der Waals surface area contributed by atoms with Crippen LogP contribution in [0.15, 0.2) is 24.4 Å². The molecule has 0 aliphatic rings. The summed E-state index contributed by atoms with van der Waals surface area (Å²) in [6, 6.07) is 5.23. The van der Waals surface area contributed by atoms with Gasteiger partial charge < -0.3 is 10.1 Å². The van der Waals surface area contributed by atoms with Crippen LogP contribution in [-0.2, 0) is 4.74 Å². The highest BCUT2D eigenvalue weighted by atomic mass is 79.9. The lowest BCUT2D eigenvalue weighted by Crippen LogP contribution is -2.28. The molecule has 0 spiro atoms. The molecule has 0 aliphatic carbocycles. The third-order valence-electron chi connectivity index (χ3n) is 1.65. The van der Waals surface area contributed by atoms with Crippen molar-refractivity contribution in [1.29, 1.82) is 0 Å². The number of nitrogens with zero attached hydrogens (tertiary/aromatic N) is 1. The second-order valence-corrected chi connectivity index (χ2v) is 3.57.